The first kappa shape index (κ1) is 18.8. The molecule has 0 fully saturated rings. The van der Waals surface area contributed by atoms with Gasteiger partial charge in [-0.1, -0.05) is 51.1 Å². The van der Waals surface area contributed by atoms with Crippen molar-refractivity contribution in [2.24, 2.45) is 5.41 Å². The van der Waals surface area contributed by atoms with Gasteiger partial charge in [-0.05, 0) is 13.0 Å². The fourth-order valence-electron chi connectivity index (χ4n) is 2.63. The van der Waals surface area contributed by atoms with E-state index in [9.17, 15) is 9.59 Å². The van der Waals surface area contributed by atoms with E-state index in [0.717, 1.165) is 5.56 Å². The normalized spacial score (nSPS) is 11.6. The van der Waals surface area contributed by atoms with Crippen LogP contribution in [0.5, 0.6) is 0 Å². The second kappa shape index (κ2) is 7.31. The third-order valence-electron chi connectivity index (χ3n) is 4.37. The number of pyridine rings is 1. The van der Waals surface area contributed by atoms with Crippen molar-refractivity contribution in [3.63, 3.8) is 0 Å². The molecule has 27 heavy (non-hydrogen) atoms. The number of aromatic nitrogens is 3. The molecule has 0 amide bonds. The van der Waals surface area contributed by atoms with Gasteiger partial charge >= 0.3 is 5.97 Å². The molecule has 6 nitrogen and oxygen atoms in total. The van der Waals surface area contributed by atoms with Crippen molar-refractivity contribution in [1.82, 2.24) is 14.8 Å². The first-order valence-electron chi connectivity index (χ1n) is 8.93. The number of benzene rings is 1. The van der Waals surface area contributed by atoms with Gasteiger partial charge in [0.05, 0.1) is 22.8 Å². The Balaban J connectivity index is 2.02. The van der Waals surface area contributed by atoms with E-state index in [4.69, 9.17) is 4.74 Å². The summed E-state index contributed by atoms with van der Waals surface area (Å²) in [6, 6.07) is 11.3. The van der Waals surface area contributed by atoms with Gasteiger partial charge in [0.25, 0.3) is 0 Å². The molecule has 0 unspecified atom stereocenters. The molecule has 0 N–H and O–H groups in total. The van der Waals surface area contributed by atoms with Crippen LogP contribution in [0.2, 0.25) is 0 Å². The maximum atomic E-state index is 12.7. The van der Waals surface area contributed by atoms with E-state index in [1.807, 2.05) is 37.3 Å². The molecule has 3 rings (SSSR count). The predicted octanol–water partition coefficient (Wildman–Crippen LogP) is 3.89. The van der Waals surface area contributed by atoms with Gasteiger partial charge in [0.1, 0.15) is 0 Å². The number of hydrogen-bond donors (Lipinski definition) is 0. The Morgan fingerprint density at radius 1 is 1.15 bits per heavy atom. The van der Waals surface area contributed by atoms with Gasteiger partial charge in [0, 0.05) is 17.5 Å². The van der Waals surface area contributed by atoms with E-state index in [2.05, 4.69) is 10.1 Å². The molecule has 0 saturated heterocycles. The lowest BCUT2D eigenvalue weighted by molar-refractivity contribution is -0.129. The number of Topliss-reactive ketones (excluding diaryl/α,β-unsaturated/α-hetero) is 1. The number of nitrogens with zero attached hydrogens (tertiary/aromatic N) is 3. The topological polar surface area (TPSA) is 74.1 Å². The van der Waals surface area contributed by atoms with Crippen molar-refractivity contribution < 1.29 is 14.3 Å². The number of carbonyl (C=O) groups excluding carboxylic acids is 2. The quantitative estimate of drug-likeness (QED) is 0.641. The third-order valence-corrected chi connectivity index (χ3v) is 4.37. The van der Waals surface area contributed by atoms with Crippen molar-refractivity contribution in [3.8, 4) is 11.3 Å². The highest BCUT2D eigenvalue weighted by molar-refractivity contribution is 6.04. The van der Waals surface area contributed by atoms with Crippen LogP contribution >= 0.6 is 0 Å². The third kappa shape index (κ3) is 3.89. The van der Waals surface area contributed by atoms with E-state index in [-0.39, 0.29) is 12.4 Å². The molecule has 0 bridgehead atoms. The molecule has 0 aliphatic heterocycles. The van der Waals surface area contributed by atoms with E-state index in [1.165, 1.54) is 0 Å². The monoisotopic (exact) mass is 365 g/mol. The molecular weight excluding hydrogens is 342 g/mol. The Labute approximate surface area is 158 Å². The minimum Gasteiger partial charge on any atom is -0.454 e. The Morgan fingerprint density at radius 3 is 2.48 bits per heavy atom. The molecule has 0 spiro atoms. The fraction of sp³-hybridized carbons (Fsp3) is 0.333. The molecule has 3 aromatic rings. The van der Waals surface area contributed by atoms with Gasteiger partial charge < -0.3 is 4.74 Å². The first-order chi connectivity index (χ1) is 12.8. The van der Waals surface area contributed by atoms with Gasteiger partial charge in [0.15, 0.2) is 18.0 Å². The number of aryl methyl sites for hydroxylation is 1. The lowest BCUT2D eigenvalue weighted by atomic mass is 9.91. The molecular formula is C21H23N3O3. The standard InChI is InChI=1S/C21H23N3O3/c1-5-24-19-16(12-22-24)15(20(26)27-13-18(25)21(2,3)4)11-17(23-19)14-9-7-6-8-10-14/h6-12H,5,13H2,1-4H3. The molecule has 0 atom stereocenters. The van der Waals surface area contributed by atoms with Crippen LogP contribution in [-0.4, -0.2) is 33.1 Å². The molecule has 140 valence electrons. The van der Waals surface area contributed by atoms with Crippen LogP contribution in [0.15, 0.2) is 42.6 Å². The zero-order chi connectivity index (χ0) is 19.6. The summed E-state index contributed by atoms with van der Waals surface area (Å²) in [7, 11) is 0. The largest absolute Gasteiger partial charge is 0.454 e. The second-order valence-corrected chi connectivity index (χ2v) is 7.37. The minimum atomic E-state index is -0.559. The molecule has 6 heteroatoms. The Morgan fingerprint density at radius 2 is 1.85 bits per heavy atom. The first-order valence-corrected chi connectivity index (χ1v) is 8.93. The van der Waals surface area contributed by atoms with Crippen molar-refractivity contribution in [2.45, 2.75) is 34.2 Å². The number of fused-ring (bicyclic) bond motifs is 1. The SMILES string of the molecule is CCn1ncc2c(C(=O)OCC(=O)C(C)(C)C)cc(-c3ccccc3)nc21. The summed E-state index contributed by atoms with van der Waals surface area (Å²) >= 11 is 0. The second-order valence-electron chi connectivity index (χ2n) is 7.37. The summed E-state index contributed by atoms with van der Waals surface area (Å²) in [5, 5.41) is 4.92. The average molecular weight is 365 g/mol. The van der Waals surface area contributed by atoms with Crippen molar-refractivity contribution in [3.05, 3.63) is 48.2 Å². The van der Waals surface area contributed by atoms with Crippen LogP contribution < -0.4 is 0 Å². The number of ketones is 1. The van der Waals surface area contributed by atoms with Gasteiger partial charge in [-0.3, -0.25) is 4.79 Å². The van der Waals surface area contributed by atoms with Crippen LogP contribution in [0.25, 0.3) is 22.3 Å². The molecule has 0 aliphatic rings. The van der Waals surface area contributed by atoms with Gasteiger partial charge in [-0.25, -0.2) is 14.5 Å². The predicted molar refractivity (Wildman–Crippen MR) is 103 cm³/mol. The highest BCUT2D eigenvalue weighted by atomic mass is 16.5. The van der Waals surface area contributed by atoms with Crippen LogP contribution in [0, 0.1) is 5.41 Å². The lowest BCUT2D eigenvalue weighted by Gasteiger charge is -2.16. The van der Waals surface area contributed by atoms with Crippen LogP contribution in [0.3, 0.4) is 0 Å². The van der Waals surface area contributed by atoms with E-state index < -0.39 is 11.4 Å². The summed E-state index contributed by atoms with van der Waals surface area (Å²) in [6.45, 7) is 7.73. The average Bonchev–Trinajstić information content (AvgIpc) is 3.08. The zero-order valence-corrected chi connectivity index (χ0v) is 16.0. The lowest BCUT2D eigenvalue weighted by Crippen LogP contribution is -2.26. The zero-order valence-electron chi connectivity index (χ0n) is 16.0. The van der Waals surface area contributed by atoms with E-state index >= 15 is 0 Å². The minimum absolute atomic E-state index is 0.131. The number of carbonyl (C=O) groups is 2. The van der Waals surface area contributed by atoms with Gasteiger partial charge in [-0.15, -0.1) is 0 Å². The number of hydrogen-bond acceptors (Lipinski definition) is 5. The van der Waals surface area contributed by atoms with E-state index in [1.54, 1.807) is 37.7 Å². The molecule has 2 aromatic heterocycles. The van der Waals surface area contributed by atoms with Crippen molar-refractivity contribution in [1.29, 1.82) is 0 Å². The summed E-state index contributed by atoms with van der Waals surface area (Å²) in [5.74, 6) is -0.679. The summed E-state index contributed by atoms with van der Waals surface area (Å²) in [6.07, 6.45) is 1.61. The fourth-order valence-corrected chi connectivity index (χ4v) is 2.63. The summed E-state index contributed by atoms with van der Waals surface area (Å²) in [5.41, 5.74) is 1.97. The Hall–Kier alpha value is -3.02. The van der Waals surface area contributed by atoms with Gasteiger partial charge in [-0.2, -0.15) is 5.10 Å². The maximum absolute atomic E-state index is 12.7. The van der Waals surface area contributed by atoms with Crippen molar-refractivity contribution >= 4 is 22.8 Å². The molecule has 0 aliphatic carbocycles. The number of ether oxygens (including phenoxy) is 1. The Kier molecular flexibility index (Phi) is 5.08. The smallest absolute Gasteiger partial charge is 0.339 e. The van der Waals surface area contributed by atoms with Crippen LogP contribution in [0.1, 0.15) is 38.1 Å². The van der Waals surface area contributed by atoms with E-state index in [0.29, 0.717) is 28.8 Å². The highest BCUT2D eigenvalue weighted by Crippen LogP contribution is 2.25. The van der Waals surface area contributed by atoms with Gasteiger partial charge in [0.2, 0.25) is 0 Å². The maximum Gasteiger partial charge on any atom is 0.339 e. The number of esters is 1. The number of rotatable bonds is 5. The Bertz CT molecular complexity index is 985. The molecule has 0 saturated carbocycles. The molecule has 0 radical (unpaired) electrons. The summed E-state index contributed by atoms with van der Waals surface area (Å²) in [4.78, 5) is 29.5. The van der Waals surface area contributed by atoms with Crippen LogP contribution in [-0.2, 0) is 16.1 Å². The highest BCUT2D eigenvalue weighted by Gasteiger charge is 2.24. The molecule has 2 heterocycles. The summed E-state index contributed by atoms with van der Waals surface area (Å²) < 4.78 is 7.04. The van der Waals surface area contributed by atoms with Crippen molar-refractivity contribution in [2.75, 3.05) is 6.61 Å². The molecule has 1 aromatic carbocycles. The van der Waals surface area contributed by atoms with Crippen LogP contribution in [0.4, 0.5) is 0 Å².